The molecule has 120 valence electrons. The van der Waals surface area contributed by atoms with Crippen LogP contribution in [0.3, 0.4) is 0 Å². The van der Waals surface area contributed by atoms with Crippen molar-refractivity contribution >= 4 is 11.8 Å². The molecule has 23 heavy (non-hydrogen) atoms. The van der Waals surface area contributed by atoms with E-state index in [1.807, 2.05) is 12.1 Å². The zero-order valence-electron chi connectivity index (χ0n) is 13.2. The summed E-state index contributed by atoms with van der Waals surface area (Å²) in [4.78, 5) is 20.3. The van der Waals surface area contributed by atoms with Crippen molar-refractivity contribution < 1.29 is 9.53 Å². The molecule has 6 nitrogen and oxygen atoms in total. The van der Waals surface area contributed by atoms with Gasteiger partial charge in [-0.15, -0.1) is 0 Å². The topological polar surface area (TPSA) is 76.1 Å². The Labute approximate surface area is 135 Å². The van der Waals surface area contributed by atoms with Gasteiger partial charge in [0.05, 0.1) is 12.3 Å². The van der Waals surface area contributed by atoms with E-state index in [-0.39, 0.29) is 12.1 Å². The first kappa shape index (κ1) is 15.4. The van der Waals surface area contributed by atoms with Crippen molar-refractivity contribution in [3.63, 3.8) is 0 Å². The van der Waals surface area contributed by atoms with Gasteiger partial charge in [0.1, 0.15) is 12.1 Å². The van der Waals surface area contributed by atoms with E-state index >= 15 is 0 Å². The number of amides is 2. The molecule has 0 aliphatic heterocycles. The zero-order chi connectivity index (χ0) is 16.2. The normalized spacial score (nSPS) is 19.2. The number of ether oxygens (including phenoxy) is 1. The minimum atomic E-state index is -0.253. The number of anilines is 1. The number of methoxy groups -OCH3 is 1. The van der Waals surface area contributed by atoms with Crippen LogP contribution in [0.1, 0.15) is 29.7 Å². The molecule has 3 rings (SSSR count). The van der Waals surface area contributed by atoms with Crippen LogP contribution in [-0.4, -0.2) is 29.2 Å². The van der Waals surface area contributed by atoms with E-state index in [0.29, 0.717) is 18.3 Å². The molecule has 0 bridgehead atoms. The van der Waals surface area contributed by atoms with E-state index in [1.165, 1.54) is 17.5 Å². The fourth-order valence-corrected chi connectivity index (χ4v) is 2.98. The lowest BCUT2D eigenvalue weighted by Crippen LogP contribution is -2.40. The van der Waals surface area contributed by atoms with Gasteiger partial charge in [0.2, 0.25) is 0 Å². The fourth-order valence-electron chi connectivity index (χ4n) is 2.98. The van der Waals surface area contributed by atoms with Crippen LogP contribution >= 0.6 is 0 Å². The number of hydrogen-bond donors (Lipinski definition) is 2. The van der Waals surface area contributed by atoms with Gasteiger partial charge in [-0.3, -0.25) is 5.32 Å². The van der Waals surface area contributed by atoms with E-state index in [2.05, 4.69) is 39.7 Å². The Kier molecular flexibility index (Phi) is 4.52. The largest absolute Gasteiger partial charge is 0.378 e. The third-order valence-electron chi connectivity index (χ3n) is 4.16. The summed E-state index contributed by atoms with van der Waals surface area (Å²) in [6.45, 7) is 2.52. The molecule has 0 unspecified atom stereocenters. The molecule has 2 aromatic rings. The molecule has 2 atom stereocenters. The molecule has 0 radical (unpaired) electrons. The van der Waals surface area contributed by atoms with Gasteiger partial charge < -0.3 is 10.1 Å². The summed E-state index contributed by atoms with van der Waals surface area (Å²) in [5.41, 5.74) is 3.33. The summed E-state index contributed by atoms with van der Waals surface area (Å²) in [7, 11) is 1.60. The molecule has 0 saturated heterocycles. The SMILES string of the molecule is COCc1cc(NC(=O)N[C@@H]2Cc3ccccc3[C@@H]2C)ncn1. The van der Waals surface area contributed by atoms with Crippen LogP contribution in [0.4, 0.5) is 10.6 Å². The number of carbonyl (C=O) groups excluding carboxylic acids is 1. The van der Waals surface area contributed by atoms with Gasteiger partial charge in [0.25, 0.3) is 0 Å². The second-order valence-electron chi connectivity index (χ2n) is 5.72. The summed E-state index contributed by atoms with van der Waals surface area (Å²) in [5.74, 6) is 0.763. The monoisotopic (exact) mass is 312 g/mol. The Balaban J connectivity index is 1.61. The highest BCUT2D eigenvalue weighted by Crippen LogP contribution is 2.32. The Morgan fingerprint density at radius 3 is 2.96 bits per heavy atom. The number of aromatic nitrogens is 2. The van der Waals surface area contributed by atoms with Crippen LogP contribution in [0, 0.1) is 0 Å². The highest BCUT2D eigenvalue weighted by molar-refractivity contribution is 5.88. The number of rotatable bonds is 4. The molecule has 1 aromatic carbocycles. The maximum Gasteiger partial charge on any atom is 0.320 e. The highest BCUT2D eigenvalue weighted by Gasteiger charge is 2.29. The number of urea groups is 1. The van der Waals surface area contributed by atoms with Crippen molar-refractivity contribution in [3.05, 3.63) is 53.5 Å². The van der Waals surface area contributed by atoms with Crippen molar-refractivity contribution in [1.29, 1.82) is 0 Å². The molecule has 2 N–H and O–H groups in total. The maximum atomic E-state index is 12.2. The van der Waals surface area contributed by atoms with E-state index in [4.69, 9.17) is 4.74 Å². The van der Waals surface area contributed by atoms with Gasteiger partial charge in [0, 0.05) is 25.1 Å². The molecule has 1 heterocycles. The summed E-state index contributed by atoms with van der Waals surface area (Å²) in [5, 5.41) is 5.79. The molecule has 0 spiro atoms. The average molecular weight is 312 g/mol. The van der Waals surface area contributed by atoms with Gasteiger partial charge in [-0.2, -0.15) is 0 Å². The van der Waals surface area contributed by atoms with Crippen molar-refractivity contribution in [2.75, 3.05) is 12.4 Å². The predicted molar refractivity (Wildman–Crippen MR) is 87.2 cm³/mol. The van der Waals surface area contributed by atoms with E-state index < -0.39 is 0 Å². The smallest absolute Gasteiger partial charge is 0.320 e. The van der Waals surface area contributed by atoms with Crippen LogP contribution in [-0.2, 0) is 17.8 Å². The number of fused-ring (bicyclic) bond motifs is 1. The Morgan fingerprint density at radius 2 is 2.17 bits per heavy atom. The van der Waals surface area contributed by atoms with Crippen molar-refractivity contribution in [3.8, 4) is 0 Å². The van der Waals surface area contributed by atoms with E-state index in [1.54, 1.807) is 13.2 Å². The minimum Gasteiger partial charge on any atom is -0.378 e. The summed E-state index contributed by atoms with van der Waals surface area (Å²) in [6.07, 6.45) is 2.27. The molecular formula is C17H20N4O2. The lowest BCUT2D eigenvalue weighted by molar-refractivity contribution is 0.181. The second-order valence-corrected chi connectivity index (χ2v) is 5.72. The van der Waals surface area contributed by atoms with Crippen molar-refractivity contribution in [1.82, 2.24) is 15.3 Å². The molecule has 1 aliphatic carbocycles. The summed E-state index contributed by atoms with van der Waals surface area (Å²) >= 11 is 0. The highest BCUT2D eigenvalue weighted by atomic mass is 16.5. The first-order valence-electron chi connectivity index (χ1n) is 7.62. The fraction of sp³-hybridized carbons (Fsp3) is 0.353. The van der Waals surface area contributed by atoms with Gasteiger partial charge >= 0.3 is 6.03 Å². The molecule has 0 fully saturated rings. The Hall–Kier alpha value is -2.47. The Morgan fingerprint density at radius 1 is 1.35 bits per heavy atom. The lowest BCUT2D eigenvalue weighted by Gasteiger charge is -2.18. The molecular weight excluding hydrogens is 292 g/mol. The number of nitrogens with one attached hydrogen (secondary N) is 2. The molecule has 1 aromatic heterocycles. The Bertz CT molecular complexity index is 704. The van der Waals surface area contributed by atoms with Crippen LogP contribution < -0.4 is 10.6 Å². The standard InChI is InChI=1S/C17H20N4O2/c1-11-14-6-4-3-5-12(14)7-15(11)20-17(22)21-16-8-13(9-23-2)18-10-19-16/h3-6,8,10-11,15H,7,9H2,1-2H3,(H2,18,19,20,21,22)/t11-,15+/m0/s1. The average Bonchev–Trinajstić information content (AvgIpc) is 2.84. The van der Waals surface area contributed by atoms with Crippen LogP contribution in [0.5, 0.6) is 0 Å². The predicted octanol–water partition coefficient (Wildman–Crippen LogP) is 2.47. The number of benzene rings is 1. The number of hydrogen-bond acceptors (Lipinski definition) is 4. The van der Waals surface area contributed by atoms with Crippen molar-refractivity contribution in [2.45, 2.75) is 31.9 Å². The summed E-state index contributed by atoms with van der Waals surface area (Å²) < 4.78 is 5.03. The molecule has 6 heteroatoms. The van der Waals surface area contributed by atoms with Crippen molar-refractivity contribution in [2.24, 2.45) is 0 Å². The molecule has 1 aliphatic rings. The quantitative estimate of drug-likeness (QED) is 0.909. The third-order valence-corrected chi connectivity index (χ3v) is 4.16. The van der Waals surface area contributed by atoms with Gasteiger partial charge in [-0.25, -0.2) is 14.8 Å². The lowest BCUT2D eigenvalue weighted by atomic mass is 10.0. The third kappa shape index (κ3) is 3.48. The maximum absolute atomic E-state index is 12.2. The van der Waals surface area contributed by atoms with Gasteiger partial charge in [0.15, 0.2) is 0 Å². The first-order chi connectivity index (χ1) is 11.2. The summed E-state index contributed by atoms with van der Waals surface area (Å²) in [6, 6.07) is 9.86. The van der Waals surface area contributed by atoms with E-state index in [9.17, 15) is 4.79 Å². The number of nitrogens with zero attached hydrogens (tertiary/aromatic N) is 2. The van der Waals surface area contributed by atoms with Crippen LogP contribution in [0.2, 0.25) is 0 Å². The first-order valence-corrected chi connectivity index (χ1v) is 7.62. The molecule has 0 saturated carbocycles. The van der Waals surface area contributed by atoms with Gasteiger partial charge in [-0.1, -0.05) is 31.2 Å². The minimum absolute atomic E-state index is 0.0904. The van der Waals surface area contributed by atoms with Gasteiger partial charge in [-0.05, 0) is 17.5 Å². The van der Waals surface area contributed by atoms with Crippen LogP contribution in [0.25, 0.3) is 0 Å². The van der Waals surface area contributed by atoms with E-state index in [0.717, 1.165) is 12.1 Å². The van der Waals surface area contributed by atoms with Crippen LogP contribution in [0.15, 0.2) is 36.7 Å². The number of carbonyl (C=O) groups is 1. The molecule has 2 amide bonds. The zero-order valence-corrected chi connectivity index (χ0v) is 13.2. The second kappa shape index (κ2) is 6.75.